The van der Waals surface area contributed by atoms with Gasteiger partial charge in [0.15, 0.2) is 0 Å². The Morgan fingerprint density at radius 1 is 1.19 bits per heavy atom. The number of nitrogens with zero attached hydrogens (tertiary/aromatic N) is 2. The van der Waals surface area contributed by atoms with Crippen LogP contribution >= 0.6 is 0 Å². The van der Waals surface area contributed by atoms with Crippen LogP contribution in [0.25, 0.3) is 0 Å². The van der Waals surface area contributed by atoms with Gasteiger partial charge in [-0.1, -0.05) is 30.3 Å². The number of para-hydroxylation sites is 1. The summed E-state index contributed by atoms with van der Waals surface area (Å²) >= 11 is 0. The summed E-state index contributed by atoms with van der Waals surface area (Å²) in [5.41, 5.74) is 1.61. The van der Waals surface area contributed by atoms with Crippen LogP contribution in [0.15, 0.2) is 76.9 Å². The van der Waals surface area contributed by atoms with E-state index in [9.17, 15) is 9.18 Å². The first-order valence-corrected chi connectivity index (χ1v) is 8.18. The molecule has 0 spiro atoms. The molecule has 0 radical (unpaired) electrons. The monoisotopic (exact) mass is 356 g/mol. The van der Waals surface area contributed by atoms with Gasteiger partial charge in [0.1, 0.15) is 5.82 Å². The van der Waals surface area contributed by atoms with E-state index in [4.69, 9.17) is 4.84 Å². The number of anilines is 1. The van der Waals surface area contributed by atoms with E-state index in [0.717, 1.165) is 5.56 Å². The van der Waals surface area contributed by atoms with Crippen LogP contribution < -0.4 is 10.6 Å². The smallest absolute Gasteiger partial charge is 0.321 e. The summed E-state index contributed by atoms with van der Waals surface area (Å²) in [7, 11) is 0. The van der Waals surface area contributed by atoms with Gasteiger partial charge in [-0.15, -0.1) is 5.11 Å². The van der Waals surface area contributed by atoms with E-state index in [1.54, 1.807) is 37.3 Å². The van der Waals surface area contributed by atoms with Crippen molar-refractivity contribution in [3.05, 3.63) is 77.9 Å². The molecule has 0 fully saturated rings. The standard InChI is InChI=1S/C19H21FN4O2/c1-3-18(22-19(25)21-17-7-5-4-6-8-17)26-24-23-14(2)13-15-9-11-16(20)12-10-15/h3-12,14H,13H2,1-2H3,(H2,21,22,25)/b18-3-,24-23?. The van der Waals surface area contributed by atoms with Crippen molar-refractivity contribution < 1.29 is 14.0 Å². The number of halogens is 1. The van der Waals surface area contributed by atoms with Gasteiger partial charge in [0, 0.05) is 11.0 Å². The number of nitrogens with one attached hydrogen (secondary N) is 2. The van der Waals surface area contributed by atoms with Crippen LogP contribution in [0, 0.1) is 5.82 Å². The van der Waals surface area contributed by atoms with Crippen LogP contribution in [-0.4, -0.2) is 12.1 Å². The Hall–Kier alpha value is -3.22. The van der Waals surface area contributed by atoms with E-state index in [-0.39, 0.29) is 17.7 Å². The highest BCUT2D eigenvalue weighted by molar-refractivity contribution is 5.90. The number of carbonyl (C=O) groups excluding carboxylic acids is 1. The van der Waals surface area contributed by atoms with E-state index in [1.165, 1.54) is 12.1 Å². The van der Waals surface area contributed by atoms with Gasteiger partial charge in [-0.3, -0.25) is 5.32 Å². The number of hydrogen-bond donors (Lipinski definition) is 2. The zero-order valence-electron chi connectivity index (χ0n) is 14.6. The second-order valence-corrected chi connectivity index (χ2v) is 5.57. The van der Waals surface area contributed by atoms with Gasteiger partial charge >= 0.3 is 6.03 Å². The molecule has 2 amide bonds. The third-order valence-electron chi connectivity index (χ3n) is 3.36. The highest BCUT2D eigenvalue weighted by Crippen LogP contribution is 2.09. The summed E-state index contributed by atoms with van der Waals surface area (Å²) in [6.45, 7) is 3.57. The Morgan fingerprint density at radius 3 is 2.54 bits per heavy atom. The lowest BCUT2D eigenvalue weighted by atomic mass is 10.1. The fraction of sp³-hybridized carbons (Fsp3) is 0.211. The maximum atomic E-state index is 12.9. The maximum absolute atomic E-state index is 12.9. The second-order valence-electron chi connectivity index (χ2n) is 5.57. The molecule has 0 aliphatic heterocycles. The minimum atomic E-state index is -0.445. The minimum absolute atomic E-state index is 0.156. The molecular weight excluding hydrogens is 335 g/mol. The normalized spacial score (nSPS) is 12.7. The van der Waals surface area contributed by atoms with Gasteiger partial charge in [0.05, 0.1) is 6.04 Å². The number of allylic oxidation sites excluding steroid dienone is 1. The van der Waals surface area contributed by atoms with Gasteiger partial charge in [-0.2, -0.15) is 0 Å². The van der Waals surface area contributed by atoms with Gasteiger partial charge < -0.3 is 10.2 Å². The molecule has 0 aromatic heterocycles. The summed E-state index contributed by atoms with van der Waals surface area (Å²) in [5, 5.41) is 12.9. The van der Waals surface area contributed by atoms with Crippen molar-refractivity contribution in [2.75, 3.05) is 5.32 Å². The molecule has 0 saturated carbocycles. The molecule has 7 heteroatoms. The first-order chi connectivity index (χ1) is 12.6. The largest absolute Gasteiger partial charge is 0.326 e. The Morgan fingerprint density at radius 2 is 1.88 bits per heavy atom. The van der Waals surface area contributed by atoms with E-state index in [0.29, 0.717) is 12.1 Å². The molecule has 0 aliphatic carbocycles. The number of benzene rings is 2. The van der Waals surface area contributed by atoms with Gasteiger partial charge in [-0.05, 0) is 56.2 Å². The maximum Gasteiger partial charge on any atom is 0.326 e. The average Bonchev–Trinajstić information content (AvgIpc) is 2.63. The van der Waals surface area contributed by atoms with Crippen molar-refractivity contribution in [3.63, 3.8) is 0 Å². The summed E-state index contributed by atoms with van der Waals surface area (Å²) in [4.78, 5) is 17.0. The summed E-state index contributed by atoms with van der Waals surface area (Å²) in [6.07, 6.45) is 2.16. The predicted octanol–water partition coefficient (Wildman–Crippen LogP) is 4.82. The highest BCUT2D eigenvalue weighted by Gasteiger charge is 2.06. The van der Waals surface area contributed by atoms with Gasteiger partial charge in [0.25, 0.3) is 0 Å². The Labute approximate surface area is 151 Å². The van der Waals surface area contributed by atoms with Crippen molar-refractivity contribution in [1.29, 1.82) is 0 Å². The molecule has 0 heterocycles. The molecule has 2 aromatic carbocycles. The molecular formula is C19H21FN4O2. The third kappa shape index (κ3) is 6.72. The lowest BCUT2D eigenvalue weighted by Gasteiger charge is -2.09. The van der Waals surface area contributed by atoms with Gasteiger partial charge in [0.2, 0.25) is 5.88 Å². The van der Waals surface area contributed by atoms with Crippen molar-refractivity contribution in [2.24, 2.45) is 10.4 Å². The van der Waals surface area contributed by atoms with E-state index in [2.05, 4.69) is 21.0 Å². The molecule has 0 aliphatic rings. The molecule has 26 heavy (non-hydrogen) atoms. The summed E-state index contributed by atoms with van der Waals surface area (Å²) in [6, 6.07) is 14.7. The first kappa shape index (κ1) is 19.1. The lowest BCUT2D eigenvalue weighted by Crippen LogP contribution is -2.28. The van der Waals surface area contributed by atoms with Crippen LogP contribution in [0.4, 0.5) is 14.9 Å². The predicted molar refractivity (Wildman–Crippen MR) is 97.9 cm³/mol. The fourth-order valence-electron chi connectivity index (χ4n) is 2.09. The van der Waals surface area contributed by atoms with Crippen LogP contribution in [0.1, 0.15) is 19.4 Å². The minimum Gasteiger partial charge on any atom is -0.321 e. The second kappa shape index (κ2) is 9.93. The van der Waals surface area contributed by atoms with Gasteiger partial charge in [-0.25, -0.2) is 9.18 Å². The fourth-order valence-corrected chi connectivity index (χ4v) is 2.09. The Balaban J connectivity index is 1.79. The topological polar surface area (TPSA) is 75.1 Å². The molecule has 1 atom stereocenters. The molecule has 6 nitrogen and oxygen atoms in total. The Kier molecular flexibility index (Phi) is 7.30. The summed E-state index contributed by atoms with van der Waals surface area (Å²) < 4.78 is 12.9. The average molecular weight is 356 g/mol. The van der Waals surface area contributed by atoms with E-state index < -0.39 is 6.03 Å². The zero-order chi connectivity index (χ0) is 18.8. The number of amides is 2. The molecule has 136 valence electrons. The summed E-state index contributed by atoms with van der Waals surface area (Å²) in [5.74, 6) is -0.111. The highest BCUT2D eigenvalue weighted by atomic mass is 19.1. The lowest BCUT2D eigenvalue weighted by molar-refractivity contribution is 0.175. The number of hydrogen-bond acceptors (Lipinski definition) is 4. The van der Waals surface area contributed by atoms with E-state index in [1.807, 2.05) is 25.1 Å². The van der Waals surface area contributed by atoms with E-state index >= 15 is 0 Å². The van der Waals surface area contributed by atoms with Crippen molar-refractivity contribution in [1.82, 2.24) is 5.32 Å². The molecule has 0 saturated heterocycles. The van der Waals surface area contributed by atoms with Crippen LogP contribution in [0.5, 0.6) is 0 Å². The number of rotatable bonds is 7. The number of urea groups is 1. The van der Waals surface area contributed by atoms with Crippen LogP contribution in [0.2, 0.25) is 0 Å². The quantitative estimate of drug-likeness (QED) is 0.424. The third-order valence-corrected chi connectivity index (χ3v) is 3.36. The molecule has 0 bridgehead atoms. The van der Waals surface area contributed by atoms with Crippen LogP contribution in [-0.2, 0) is 11.3 Å². The Bertz CT molecular complexity index is 761. The molecule has 2 rings (SSSR count). The molecule has 2 aromatic rings. The van der Waals surface area contributed by atoms with Crippen molar-refractivity contribution in [3.8, 4) is 0 Å². The number of carbonyl (C=O) groups is 1. The molecule has 2 N–H and O–H groups in total. The van der Waals surface area contributed by atoms with Crippen molar-refractivity contribution in [2.45, 2.75) is 26.3 Å². The molecule has 1 unspecified atom stereocenters. The SMILES string of the molecule is C/C=C(/NC(=O)Nc1ccccc1)ON=NC(C)Cc1ccc(F)cc1. The first-order valence-electron chi connectivity index (χ1n) is 8.18. The van der Waals surface area contributed by atoms with Crippen molar-refractivity contribution >= 4 is 11.7 Å². The zero-order valence-corrected chi connectivity index (χ0v) is 14.6. The van der Waals surface area contributed by atoms with Crippen LogP contribution in [0.3, 0.4) is 0 Å².